The van der Waals surface area contributed by atoms with Gasteiger partial charge in [-0.25, -0.2) is 0 Å². The first-order chi connectivity index (χ1) is 10.2. The Morgan fingerprint density at radius 2 is 2.00 bits per heavy atom. The molecule has 0 aliphatic rings. The lowest BCUT2D eigenvalue weighted by Gasteiger charge is -2.10. The van der Waals surface area contributed by atoms with E-state index in [0.717, 1.165) is 6.42 Å². The first kappa shape index (κ1) is 15.0. The predicted octanol–water partition coefficient (Wildman–Crippen LogP) is 2.30. The fraction of sp³-hybridized carbons (Fsp3) is 0.312. The van der Waals surface area contributed by atoms with Crippen LogP contribution in [0.5, 0.6) is 11.5 Å². The summed E-state index contributed by atoms with van der Waals surface area (Å²) in [6.07, 6.45) is 2.59. The minimum absolute atomic E-state index is 0.137. The largest absolute Gasteiger partial charge is 0.492 e. The maximum absolute atomic E-state index is 12.1. The molecule has 2 aromatic rings. The van der Waals surface area contributed by atoms with Crippen molar-refractivity contribution in [3.05, 3.63) is 52.9 Å². The van der Waals surface area contributed by atoms with E-state index in [2.05, 4.69) is 0 Å². The monoisotopic (exact) mass is 288 g/mol. The topological polar surface area (TPSA) is 66.5 Å². The summed E-state index contributed by atoms with van der Waals surface area (Å²) in [4.78, 5) is 12.1. The normalized spacial score (nSPS) is 10.3. The molecule has 0 atom stereocenters. The highest BCUT2D eigenvalue weighted by atomic mass is 16.5. The van der Waals surface area contributed by atoms with Crippen molar-refractivity contribution in [3.8, 4) is 11.5 Å². The van der Waals surface area contributed by atoms with Crippen molar-refractivity contribution < 1.29 is 9.47 Å². The van der Waals surface area contributed by atoms with Gasteiger partial charge in [-0.15, -0.1) is 0 Å². The second-order valence-corrected chi connectivity index (χ2v) is 4.64. The summed E-state index contributed by atoms with van der Waals surface area (Å²) < 4.78 is 12.6. The Hall–Kier alpha value is -2.43. The maximum Gasteiger partial charge on any atom is 0.292 e. The second-order valence-electron chi connectivity index (χ2n) is 4.64. The minimum atomic E-state index is -0.137. The standard InChI is InChI=1S/C16H20N2O3/c1-2-10-21-15-7-4-8-18(16(15)19)9-11-20-14-6-3-5-13(17)12-14/h3-8,12H,2,9-11,17H2,1H3. The molecule has 0 aliphatic carbocycles. The molecule has 0 radical (unpaired) electrons. The zero-order valence-corrected chi connectivity index (χ0v) is 12.1. The van der Waals surface area contributed by atoms with Gasteiger partial charge in [-0.2, -0.15) is 0 Å². The van der Waals surface area contributed by atoms with E-state index in [9.17, 15) is 4.79 Å². The van der Waals surface area contributed by atoms with Gasteiger partial charge in [-0.05, 0) is 30.7 Å². The molecular weight excluding hydrogens is 268 g/mol. The molecule has 0 spiro atoms. The van der Waals surface area contributed by atoms with Gasteiger partial charge in [-0.1, -0.05) is 13.0 Å². The van der Waals surface area contributed by atoms with Crippen LogP contribution >= 0.6 is 0 Å². The van der Waals surface area contributed by atoms with Gasteiger partial charge >= 0.3 is 0 Å². The number of hydrogen-bond donors (Lipinski definition) is 1. The van der Waals surface area contributed by atoms with Crippen molar-refractivity contribution in [1.82, 2.24) is 4.57 Å². The van der Waals surface area contributed by atoms with Crippen LogP contribution in [0, 0.1) is 0 Å². The zero-order chi connectivity index (χ0) is 15.1. The van der Waals surface area contributed by atoms with Crippen molar-refractivity contribution in [3.63, 3.8) is 0 Å². The van der Waals surface area contributed by atoms with Crippen LogP contribution in [0.3, 0.4) is 0 Å². The van der Waals surface area contributed by atoms with E-state index in [1.54, 1.807) is 35.0 Å². The maximum atomic E-state index is 12.1. The van der Waals surface area contributed by atoms with Crippen molar-refractivity contribution in [2.75, 3.05) is 18.9 Å². The first-order valence-electron chi connectivity index (χ1n) is 7.01. The number of nitrogen functional groups attached to an aromatic ring is 1. The van der Waals surface area contributed by atoms with Gasteiger partial charge in [0.25, 0.3) is 5.56 Å². The third kappa shape index (κ3) is 4.27. The third-order valence-corrected chi connectivity index (χ3v) is 2.91. The van der Waals surface area contributed by atoms with Crippen LogP contribution in [-0.2, 0) is 6.54 Å². The van der Waals surface area contributed by atoms with Crippen molar-refractivity contribution in [2.45, 2.75) is 19.9 Å². The van der Waals surface area contributed by atoms with Crippen LogP contribution in [0.1, 0.15) is 13.3 Å². The van der Waals surface area contributed by atoms with Crippen molar-refractivity contribution in [2.24, 2.45) is 0 Å². The van der Waals surface area contributed by atoms with Crippen LogP contribution in [0.4, 0.5) is 5.69 Å². The fourth-order valence-corrected chi connectivity index (χ4v) is 1.88. The van der Waals surface area contributed by atoms with E-state index in [-0.39, 0.29) is 5.56 Å². The molecule has 0 aliphatic heterocycles. The molecule has 1 aromatic carbocycles. The second kappa shape index (κ2) is 7.38. The highest BCUT2D eigenvalue weighted by Gasteiger charge is 2.04. The Balaban J connectivity index is 1.95. The van der Waals surface area contributed by atoms with Crippen LogP contribution in [-0.4, -0.2) is 17.8 Å². The Kier molecular flexibility index (Phi) is 5.26. The number of pyridine rings is 1. The molecule has 5 nitrogen and oxygen atoms in total. The summed E-state index contributed by atoms with van der Waals surface area (Å²) >= 11 is 0. The number of benzene rings is 1. The van der Waals surface area contributed by atoms with Gasteiger partial charge in [0.05, 0.1) is 13.2 Å². The summed E-state index contributed by atoms with van der Waals surface area (Å²) in [5.41, 5.74) is 6.20. The van der Waals surface area contributed by atoms with Crippen LogP contribution < -0.4 is 20.8 Å². The molecule has 0 saturated heterocycles. The fourth-order valence-electron chi connectivity index (χ4n) is 1.88. The van der Waals surface area contributed by atoms with E-state index in [1.165, 1.54) is 0 Å². The summed E-state index contributed by atoms with van der Waals surface area (Å²) in [5.74, 6) is 1.07. The SMILES string of the molecule is CCCOc1cccn(CCOc2cccc(N)c2)c1=O. The summed E-state index contributed by atoms with van der Waals surface area (Å²) in [5, 5.41) is 0. The summed E-state index contributed by atoms with van der Waals surface area (Å²) in [6, 6.07) is 10.7. The van der Waals surface area contributed by atoms with Crippen molar-refractivity contribution >= 4 is 5.69 Å². The average molecular weight is 288 g/mol. The van der Waals surface area contributed by atoms with E-state index in [1.807, 2.05) is 19.1 Å². The molecule has 1 aromatic heterocycles. The Bertz CT molecular complexity index is 637. The van der Waals surface area contributed by atoms with Gasteiger partial charge in [0, 0.05) is 18.0 Å². The van der Waals surface area contributed by atoms with Gasteiger partial charge in [0.1, 0.15) is 12.4 Å². The van der Waals surface area contributed by atoms with Crippen LogP contribution in [0.2, 0.25) is 0 Å². The highest BCUT2D eigenvalue weighted by Crippen LogP contribution is 2.14. The third-order valence-electron chi connectivity index (χ3n) is 2.91. The van der Waals surface area contributed by atoms with Crippen LogP contribution in [0.25, 0.3) is 0 Å². The van der Waals surface area contributed by atoms with Crippen molar-refractivity contribution in [1.29, 1.82) is 0 Å². The Morgan fingerprint density at radius 3 is 2.76 bits per heavy atom. The number of nitrogens with zero attached hydrogens (tertiary/aromatic N) is 1. The first-order valence-corrected chi connectivity index (χ1v) is 7.01. The molecule has 0 saturated carbocycles. The Labute approximate surface area is 123 Å². The predicted molar refractivity (Wildman–Crippen MR) is 82.8 cm³/mol. The number of aromatic nitrogens is 1. The number of nitrogens with two attached hydrogens (primary N) is 1. The number of anilines is 1. The van der Waals surface area contributed by atoms with Gasteiger partial charge in [0.2, 0.25) is 0 Å². The summed E-state index contributed by atoms with van der Waals surface area (Å²) in [7, 11) is 0. The molecule has 0 unspecified atom stereocenters. The minimum Gasteiger partial charge on any atom is -0.492 e. The van der Waals surface area contributed by atoms with Gasteiger partial charge in [-0.3, -0.25) is 4.79 Å². The quantitative estimate of drug-likeness (QED) is 0.794. The number of hydrogen-bond acceptors (Lipinski definition) is 4. The van der Waals surface area contributed by atoms with E-state index in [4.69, 9.17) is 15.2 Å². The van der Waals surface area contributed by atoms with Gasteiger partial charge in [0.15, 0.2) is 5.75 Å². The average Bonchev–Trinajstić information content (AvgIpc) is 2.48. The van der Waals surface area contributed by atoms with E-state index < -0.39 is 0 Å². The summed E-state index contributed by atoms with van der Waals surface area (Å²) in [6.45, 7) is 3.39. The van der Waals surface area contributed by atoms with E-state index >= 15 is 0 Å². The number of rotatable bonds is 7. The van der Waals surface area contributed by atoms with E-state index in [0.29, 0.717) is 36.9 Å². The van der Waals surface area contributed by atoms with Crippen LogP contribution in [0.15, 0.2) is 47.4 Å². The lowest BCUT2D eigenvalue weighted by molar-refractivity contribution is 0.288. The zero-order valence-electron chi connectivity index (χ0n) is 12.1. The molecular formula is C16H20N2O3. The Morgan fingerprint density at radius 1 is 1.14 bits per heavy atom. The molecule has 0 amide bonds. The molecule has 5 heteroatoms. The molecule has 2 rings (SSSR count). The van der Waals surface area contributed by atoms with Gasteiger partial charge < -0.3 is 19.8 Å². The molecule has 0 bridgehead atoms. The molecule has 0 fully saturated rings. The lowest BCUT2D eigenvalue weighted by Crippen LogP contribution is -2.24. The molecule has 2 N–H and O–H groups in total. The number of ether oxygens (including phenoxy) is 2. The lowest BCUT2D eigenvalue weighted by atomic mass is 10.3. The molecule has 21 heavy (non-hydrogen) atoms. The molecule has 112 valence electrons. The smallest absolute Gasteiger partial charge is 0.292 e. The highest BCUT2D eigenvalue weighted by molar-refractivity contribution is 5.43. The molecule has 1 heterocycles.